The molecule has 7 aromatic rings. The van der Waals surface area contributed by atoms with Crippen LogP contribution in [0.25, 0.3) is 44.4 Å². The van der Waals surface area contributed by atoms with Crippen molar-refractivity contribution in [2.24, 2.45) is 5.41 Å². The number of hydrogen-bond donors (Lipinski definition) is 0. The molecular weight excluding hydrogens is 832 g/mol. The van der Waals surface area contributed by atoms with Gasteiger partial charge in [-0.1, -0.05) is 104 Å². The van der Waals surface area contributed by atoms with E-state index in [-0.39, 0.29) is 37.3 Å². The molecule has 4 aromatic carbocycles. The summed E-state index contributed by atoms with van der Waals surface area (Å²) in [4.78, 5) is 4.84. The van der Waals surface area contributed by atoms with Crippen molar-refractivity contribution in [2.75, 3.05) is 0 Å². The molecule has 0 aliphatic carbocycles. The van der Waals surface area contributed by atoms with E-state index < -0.39 is 0 Å². The normalized spacial score (nSPS) is 12.3. The first-order valence-corrected chi connectivity index (χ1v) is 18.4. The van der Waals surface area contributed by atoms with Gasteiger partial charge in [0.05, 0.1) is 6.20 Å². The summed E-state index contributed by atoms with van der Waals surface area (Å²) in [5, 5.41) is 7.09. The molecule has 0 saturated heterocycles. The third-order valence-corrected chi connectivity index (χ3v) is 9.75. The number of hydrogen-bond acceptors (Lipinski definition) is 3. The van der Waals surface area contributed by atoms with E-state index >= 15 is 0 Å². The summed E-state index contributed by atoms with van der Waals surface area (Å²) in [5.41, 5.74) is 10.6. The van der Waals surface area contributed by atoms with Crippen LogP contribution in [-0.4, -0.2) is 19.3 Å². The second-order valence-corrected chi connectivity index (χ2v) is 17.4. The fourth-order valence-corrected chi connectivity index (χ4v) is 7.04. The van der Waals surface area contributed by atoms with Gasteiger partial charge < -0.3 is 9.30 Å². The minimum atomic E-state index is -0.0300. The zero-order valence-electron chi connectivity index (χ0n) is 32.7. The van der Waals surface area contributed by atoms with Gasteiger partial charge in [0.25, 0.3) is 0 Å². The molecule has 0 atom stereocenters. The van der Waals surface area contributed by atoms with Crippen molar-refractivity contribution < 1.29 is 25.8 Å². The zero-order valence-corrected chi connectivity index (χ0v) is 34.9. The Morgan fingerprint density at radius 1 is 0.736 bits per heavy atom. The van der Waals surface area contributed by atoms with Crippen LogP contribution in [0.1, 0.15) is 91.0 Å². The van der Waals surface area contributed by atoms with Crippen molar-refractivity contribution in [2.45, 2.75) is 92.9 Å². The molecule has 5 nitrogen and oxygen atoms in total. The van der Waals surface area contributed by atoms with E-state index in [1.165, 1.54) is 27.8 Å². The van der Waals surface area contributed by atoms with E-state index in [0.29, 0.717) is 11.5 Å². The molecule has 0 spiro atoms. The van der Waals surface area contributed by atoms with Crippen molar-refractivity contribution in [3.8, 4) is 34.1 Å². The maximum absolute atomic E-state index is 6.48. The fraction of sp³-hybridized carbons (Fsp3) is 0.319. The molecule has 0 fully saturated rings. The minimum Gasteiger partial charge on any atom is -0.509 e. The Balaban J connectivity index is 0.00000481. The largest absolute Gasteiger partial charge is 2.00 e. The van der Waals surface area contributed by atoms with Crippen LogP contribution in [0.5, 0.6) is 11.5 Å². The summed E-state index contributed by atoms with van der Waals surface area (Å²) in [6.45, 7) is 22.8. The van der Waals surface area contributed by atoms with Crippen LogP contribution in [0.2, 0.25) is 0 Å². The standard InChI is InChI=1S/C47H50N4O.Pt/c1-31-24-39(46(5,6)7)44(40(25-31)47(8,9)10)33-29-49-50(30-33)34-14-13-15-35(27-34)52-36-18-19-38-37-16-11-12-17-41(37)51(42(38)28-36)43-26-32(21-23-48-43)20-22-45(2,3)4;/h11-19,21,23-26,29-30H,20,22H2,1-10H3;/q-2;+2. The predicted octanol–water partition coefficient (Wildman–Crippen LogP) is 12.3. The van der Waals surface area contributed by atoms with E-state index in [9.17, 15) is 0 Å². The van der Waals surface area contributed by atoms with E-state index in [1.807, 2.05) is 41.3 Å². The quantitative estimate of drug-likeness (QED) is 0.150. The molecule has 0 unspecified atom stereocenters. The van der Waals surface area contributed by atoms with Crippen LogP contribution in [0, 0.1) is 24.5 Å². The summed E-state index contributed by atoms with van der Waals surface area (Å²) in [6.07, 6.45) is 8.11. The van der Waals surface area contributed by atoms with Gasteiger partial charge in [-0.2, -0.15) is 17.2 Å². The van der Waals surface area contributed by atoms with Gasteiger partial charge in [0.1, 0.15) is 5.82 Å². The van der Waals surface area contributed by atoms with E-state index in [4.69, 9.17) is 14.8 Å². The summed E-state index contributed by atoms with van der Waals surface area (Å²) in [6, 6.07) is 34.5. The van der Waals surface area contributed by atoms with Gasteiger partial charge in [0.2, 0.25) is 0 Å². The fourth-order valence-electron chi connectivity index (χ4n) is 7.04. The molecule has 3 aromatic heterocycles. The minimum absolute atomic E-state index is 0. The van der Waals surface area contributed by atoms with Gasteiger partial charge in [0, 0.05) is 35.0 Å². The monoisotopic (exact) mass is 881 g/mol. The molecule has 0 radical (unpaired) electrons. The number of ether oxygens (including phenoxy) is 1. The van der Waals surface area contributed by atoms with Crippen LogP contribution in [0.3, 0.4) is 0 Å². The smallest absolute Gasteiger partial charge is 0.509 e. The van der Waals surface area contributed by atoms with Crippen LogP contribution in [-0.2, 0) is 38.3 Å². The van der Waals surface area contributed by atoms with Crippen LogP contribution in [0.15, 0.2) is 97.5 Å². The van der Waals surface area contributed by atoms with Crippen molar-refractivity contribution in [3.63, 3.8) is 0 Å². The number of aryl methyl sites for hydroxylation is 2. The Hall–Kier alpha value is -4.47. The van der Waals surface area contributed by atoms with Crippen LogP contribution < -0.4 is 4.74 Å². The first kappa shape index (κ1) is 38.3. The van der Waals surface area contributed by atoms with Crippen LogP contribution in [0.4, 0.5) is 0 Å². The number of pyridine rings is 1. The molecule has 0 saturated carbocycles. The Kier molecular flexibility index (Phi) is 10.4. The Morgan fingerprint density at radius 2 is 1.43 bits per heavy atom. The maximum Gasteiger partial charge on any atom is 2.00 e. The van der Waals surface area contributed by atoms with Crippen LogP contribution >= 0.6 is 0 Å². The SMILES string of the molecule is Cc1cc(C(C)(C)C)c(-c2cnn(-c3[c-]c(Oc4[c-]c5c(cc4)c4ccccc4n5-c4cc(CCC(C)(C)C)ccn4)ccc3)c2)c(C(C)(C)C)c1.[Pt+2]. The number of benzene rings is 4. The Labute approximate surface area is 329 Å². The van der Waals surface area contributed by atoms with E-state index in [0.717, 1.165) is 51.7 Å². The Morgan fingerprint density at radius 3 is 2.13 bits per heavy atom. The van der Waals surface area contributed by atoms with Gasteiger partial charge in [-0.15, -0.1) is 35.7 Å². The summed E-state index contributed by atoms with van der Waals surface area (Å²) >= 11 is 0. The third kappa shape index (κ3) is 8.06. The molecule has 0 bridgehead atoms. The van der Waals surface area contributed by atoms with Gasteiger partial charge >= 0.3 is 21.1 Å². The zero-order chi connectivity index (χ0) is 37.0. The summed E-state index contributed by atoms with van der Waals surface area (Å²) in [5.74, 6) is 2.09. The number of fused-ring (bicyclic) bond motifs is 3. The number of aromatic nitrogens is 4. The van der Waals surface area contributed by atoms with Gasteiger partial charge in [-0.3, -0.25) is 4.68 Å². The second kappa shape index (κ2) is 14.4. The number of rotatable bonds is 7. The molecule has 53 heavy (non-hydrogen) atoms. The molecule has 6 heteroatoms. The maximum atomic E-state index is 6.48. The van der Waals surface area contributed by atoms with Crippen molar-refractivity contribution >= 4 is 21.8 Å². The van der Waals surface area contributed by atoms with Gasteiger partial charge in [-0.05, 0) is 87.5 Å². The summed E-state index contributed by atoms with van der Waals surface area (Å²) < 4.78 is 10.6. The number of nitrogens with zero attached hydrogens (tertiary/aromatic N) is 4. The topological polar surface area (TPSA) is 44.9 Å². The predicted molar refractivity (Wildman–Crippen MR) is 215 cm³/mol. The van der Waals surface area contributed by atoms with Gasteiger partial charge in [0.15, 0.2) is 0 Å². The second-order valence-electron chi connectivity index (χ2n) is 17.4. The van der Waals surface area contributed by atoms with Crippen molar-refractivity contribution in [1.82, 2.24) is 19.3 Å². The molecular formula is C47H50N4OPt. The molecule has 0 aliphatic rings. The molecule has 7 rings (SSSR count). The molecule has 274 valence electrons. The van der Waals surface area contributed by atoms with E-state index in [2.05, 4.69) is 147 Å². The third-order valence-electron chi connectivity index (χ3n) is 9.75. The molecule has 0 amide bonds. The Bertz CT molecular complexity index is 2380. The van der Waals surface area contributed by atoms with Crippen molar-refractivity contribution in [3.05, 3.63) is 132 Å². The number of para-hydroxylation sites is 1. The van der Waals surface area contributed by atoms with Gasteiger partial charge in [-0.25, -0.2) is 4.98 Å². The first-order valence-electron chi connectivity index (χ1n) is 18.4. The average Bonchev–Trinajstić information content (AvgIpc) is 3.69. The summed E-state index contributed by atoms with van der Waals surface area (Å²) in [7, 11) is 0. The molecule has 0 aliphatic heterocycles. The average molecular weight is 882 g/mol. The van der Waals surface area contributed by atoms with Crippen molar-refractivity contribution in [1.29, 1.82) is 0 Å². The van der Waals surface area contributed by atoms with E-state index in [1.54, 1.807) is 0 Å². The molecule has 3 heterocycles. The molecule has 0 N–H and O–H groups in total. The first-order chi connectivity index (χ1) is 24.5.